The molecule has 150 valence electrons. The van der Waals surface area contributed by atoms with Gasteiger partial charge in [-0.15, -0.1) is 0 Å². The minimum absolute atomic E-state index is 0.0509. The van der Waals surface area contributed by atoms with Crippen molar-refractivity contribution in [2.45, 2.75) is 31.8 Å². The second-order valence-corrected chi connectivity index (χ2v) is 7.15. The number of likely N-dealkylation sites (tertiary alicyclic amines) is 1. The lowest BCUT2D eigenvalue weighted by Gasteiger charge is -2.21. The zero-order valence-corrected chi connectivity index (χ0v) is 16.3. The lowest BCUT2D eigenvalue weighted by atomic mass is 10.1. The lowest BCUT2D eigenvalue weighted by Crippen LogP contribution is -2.36. The topological polar surface area (TPSA) is 84.7 Å². The largest absolute Gasteiger partial charge is 0.497 e. The SMILES string of the molecule is COc1cccc(CN2CCC(NC(=O)c3nc4ccccc4o3)CCC2=O)c1. The molecule has 1 saturated heterocycles. The van der Waals surface area contributed by atoms with Gasteiger partial charge in [0, 0.05) is 25.6 Å². The molecule has 0 aliphatic carbocycles. The second kappa shape index (κ2) is 8.34. The monoisotopic (exact) mass is 393 g/mol. The summed E-state index contributed by atoms with van der Waals surface area (Å²) in [6.45, 7) is 1.11. The molecule has 4 rings (SSSR count). The summed E-state index contributed by atoms with van der Waals surface area (Å²) >= 11 is 0. The van der Waals surface area contributed by atoms with Crippen LogP contribution in [0.25, 0.3) is 11.1 Å². The number of carbonyl (C=O) groups excluding carboxylic acids is 2. The lowest BCUT2D eigenvalue weighted by molar-refractivity contribution is -0.131. The standard InChI is InChI=1S/C22H23N3O4/c1-28-17-6-4-5-15(13-17)14-25-12-11-16(9-10-20(25)26)23-21(27)22-24-18-7-2-3-8-19(18)29-22/h2-8,13,16H,9-12,14H2,1H3,(H,23,27). The van der Waals surface area contributed by atoms with Crippen molar-refractivity contribution in [1.82, 2.24) is 15.2 Å². The third kappa shape index (κ3) is 4.39. The molecule has 7 heteroatoms. The summed E-state index contributed by atoms with van der Waals surface area (Å²) in [5, 5.41) is 2.97. The molecular formula is C22H23N3O4. The molecule has 1 aromatic heterocycles. The molecule has 1 atom stereocenters. The van der Waals surface area contributed by atoms with Gasteiger partial charge >= 0.3 is 5.91 Å². The fourth-order valence-electron chi connectivity index (χ4n) is 3.56. The number of hydrogen-bond donors (Lipinski definition) is 1. The number of benzene rings is 2. The third-order valence-corrected chi connectivity index (χ3v) is 5.14. The van der Waals surface area contributed by atoms with E-state index < -0.39 is 0 Å². The van der Waals surface area contributed by atoms with Crippen LogP contribution < -0.4 is 10.1 Å². The fourth-order valence-corrected chi connectivity index (χ4v) is 3.56. The summed E-state index contributed by atoms with van der Waals surface area (Å²) in [5.74, 6) is 0.564. The molecule has 0 bridgehead atoms. The van der Waals surface area contributed by atoms with Gasteiger partial charge < -0.3 is 19.4 Å². The molecule has 0 saturated carbocycles. The summed E-state index contributed by atoms with van der Waals surface area (Å²) in [6.07, 6.45) is 1.67. The van der Waals surface area contributed by atoms with E-state index in [9.17, 15) is 9.59 Å². The van der Waals surface area contributed by atoms with Gasteiger partial charge in [-0.25, -0.2) is 4.98 Å². The first-order valence-electron chi connectivity index (χ1n) is 9.69. The highest BCUT2D eigenvalue weighted by Crippen LogP contribution is 2.19. The van der Waals surface area contributed by atoms with Crippen molar-refractivity contribution >= 4 is 22.9 Å². The first kappa shape index (κ1) is 19.0. The Labute approximate surface area is 168 Å². The van der Waals surface area contributed by atoms with E-state index in [2.05, 4.69) is 10.3 Å². The summed E-state index contributed by atoms with van der Waals surface area (Å²) in [6, 6.07) is 14.9. The minimum atomic E-state index is -0.347. The maximum absolute atomic E-state index is 12.5. The van der Waals surface area contributed by atoms with Gasteiger partial charge in [0.25, 0.3) is 5.89 Å². The quantitative estimate of drug-likeness (QED) is 0.720. The molecule has 0 radical (unpaired) electrons. The summed E-state index contributed by atoms with van der Waals surface area (Å²) in [7, 11) is 1.63. The molecule has 1 aliphatic heterocycles. The third-order valence-electron chi connectivity index (χ3n) is 5.14. The van der Waals surface area contributed by atoms with Crippen molar-refractivity contribution in [3.05, 3.63) is 60.0 Å². The van der Waals surface area contributed by atoms with Crippen molar-refractivity contribution in [3.63, 3.8) is 0 Å². The van der Waals surface area contributed by atoms with Crippen molar-refractivity contribution < 1.29 is 18.7 Å². The van der Waals surface area contributed by atoms with Gasteiger partial charge in [-0.2, -0.15) is 0 Å². The smallest absolute Gasteiger partial charge is 0.307 e. The van der Waals surface area contributed by atoms with Crippen LogP contribution in [0.3, 0.4) is 0 Å². The maximum atomic E-state index is 12.5. The van der Waals surface area contributed by atoms with E-state index in [0.29, 0.717) is 43.5 Å². The number of fused-ring (bicyclic) bond motifs is 1. The summed E-state index contributed by atoms with van der Waals surface area (Å²) in [5.41, 5.74) is 2.25. The summed E-state index contributed by atoms with van der Waals surface area (Å²) in [4.78, 5) is 31.2. The number of amides is 2. The van der Waals surface area contributed by atoms with E-state index in [1.807, 2.05) is 41.3 Å². The number of methoxy groups -OCH3 is 1. The van der Waals surface area contributed by atoms with E-state index in [1.54, 1.807) is 19.2 Å². The van der Waals surface area contributed by atoms with Crippen LogP contribution in [0, 0.1) is 0 Å². The molecule has 2 aromatic carbocycles. The zero-order chi connectivity index (χ0) is 20.2. The Morgan fingerprint density at radius 1 is 1.24 bits per heavy atom. The Balaban J connectivity index is 1.38. The molecule has 2 amide bonds. The molecule has 1 N–H and O–H groups in total. The van der Waals surface area contributed by atoms with Gasteiger partial charge in [-0.05, 0) is 42.7 Å². The Morgan fingerprint density at radius 2 is 2.10 bits per heavy atom. The van der Waals surface area contributed by atoms with Crippen LogP contribution in [-0.4, -0.2) is 41.4 Å². The molecule has 1 aliphatic rings. The number of carbonyl (C=O) groups is 2. The van der Waals surface area contributed by atoms with E-state index >= 15 is 0 Å². The Kier molecular flexibility index (Phi) is 5.46. The number of para-hydroxylation sites is 2. The van der Waals surface area contributed by atoms with Gasteiger partial charge in [0.1, 0.15) is 11.3 Å². The predicted molar refractivity (Wildman–Crippen MR) is 108 cm³/mol. The first-order chi connectivity index (χ1) is 14.1. The number of aromatic nitrogens is 1. The summed E-state index contributed by atoms with van der Waals surface area (Å²) < 4.78 is 10.8. The fraction of sp³-hybridized carbons (Fsp3) is 0.318. The zero-order valence-electron chi connectivity index (χ0n) is 16.3. The van der Waals surface area contributed by atoms with Gasteiger partial charge in [0.2, 0.25) is 5.91 Å². The molecule has 0 spiro atoms. The van der Waals surface area contributed by atoms with Gasteiger partial charge in [0.15, 0.2) is 5.58 Å². The Hall–Kier alpha value is -3.35. The predicted octanol–water partition coefficient (Wildman–Crippen LogP) is 3.15. The molecule has 2 heterocycles. The van der Waals surface area contributed by atoms with Crippen LogP contribution in [0.1, 0.15) is 35.5 Å². The molecule has 3 aromatic rings. The minimum Gasteiger partial charge on any atom is -0.497 e. The van der Waals surface area contributed by atoms with Crippen molar-refractivity contribution in [1.29, 1.82) is 0 Å². The Bertz CT molecular complexity index is 997. The maximum Gasteiger partial charge on any atom is 0.307 e. The highest BCUT2D eigenvalue weighted by atomic mass is 16.5. The highest BCUT2D eigenvalue weighted by molar-refractivity contribution is 5.92. The number of nitrogens with zero attached hydrogens (tertiary/aromatic N) is 2. The van der Waals surface area contributed by atoms with Crippen LogP contribution in [0.5, 0.6) is 5.75 Å². The molecule has 29 heavy (non-hydrogen) atoms. The number of rotatable bonds is 5. The molecular weight excluding hydrogens is 370 g/mol. The molecule has 7 nitrogen and oxygen atoms in total. The van der Waals surface area contributed by atoms with Crippen molar-refractivity contribution in [2.75, 3.05) is 13.7 Å². The van der Waals surface area contributed by atoms with Crippen molar-refractivity contribution in [2.24, 2.45) is 0 Å². The molecule has 1 fully saturated rings. The van der Waals surface area contributed by atoms with E-state index in [4.69, 9.17) is 9.15 Å². The highest BCUT2D eigenvalue weighted by Gasteiger charge is 2.25. The number of nitrogens with one attached hydrogen (secondary N) is 1. The first-order valence-corrected chi connectivity index (χ1v) is 9.69. The van der Waals surface area contributed by atoms with Gasteiger partial charge in [0.05, 0.1) is 7.11 Å². The van der Waals surface area contributed by atoms with Gasteiger partial charge in [-0.3, -0.25) is 9.59 Å². The van der Waals surface area contributed by atoms with Crippen LogP contribution in [0.15, 0.2) is 52.9 Å². The van der Waals surface area contributed by atoms with E-state index in [1.165, 1.54) is 0 Å². The van der Waals surface area contributed by atoms with Crippen LogP contribution >= 0.6 is 0 Å². The van der Waals surface area contributed by atoms with E-state index in [-0.39, 0.29) is 23.7 Å². The average Bonchev–Trinajstić information content (AvgIpc) is 3.11. The average molecular weight is 393 g/mol. The number of hydrogen-bond acceptors (Lipinski definition) is 5. The normalized spacial score (nSPS) is 17.2. The van der Waals surface area contributed by atoms with Crippen LogP contribution in [0.2, 0.25) is 0 Å². The number of ether oxygens (including phenoxy) is 1. The van der Waals surface area contributed by atoms with Crippen LogP contribution in [-0.2, 0) is 11.3 Å². The molecule has 1 unspecified atom stereocenters. The Morgan fingerprint density at radius 3 is 2.93 bits per heavy atom. The number of oxazole rings is 1. The van der Waals surface area contributed by atoms with E-state index in [0.717, 1.165) is 11.3 Å². The van der Waals surface area contributed by atoms with Crippen LogP contribution in [0.4, 0.5) is 0 Å². The van der Waals surface area contributed by atoms with Crippen molar-refractivity contribution in [3.8, 4) is 5.75 Å². The second-order valence-electron chi connectivity index (χ2n) is 7.15. The van der Waals surface area contributed by atoms with Gasteiger partial charge in [-0.1, -0.05) is 24.3 Å².